The van der Waals surface area contributed by atoms with E-state index >= 15 is 0 Å². The summed E-state index contributed by atoms with van der Waals surface area (Å²) in [7, 11) is -6.26. The third-order valence-corrected chi connectivity index (χ3v) is 8.81. The Morgan fingerprint density at radius 1 is 1.21 bits per heavy atom. The monoisotopic (exact) mass is 451 g/mol. The van der Waals surface area contributed by atoms with Gasteiger partial charge in [-0.3, -0.25) is 9.13 Å². The van der Waals surface area contributed by atoms with Crippen LogP contribution in [0.2, 0.25) is 0 Å². The summed E-state index contributed by atoms with van der Waals surface area (Å²) in [5.41, 5.74) is 6.74. The van der Waals surface area contributed by atoms with Crippen molar-refractivity contribution in [1.82, 2.24) is 19.5 Å². The molecule has 29 heavy (non-hydrogen) atoms. The molecule has 2 rings (SSSR count). The fourth-order valence-corrected chi connectivity index (χ4v) is 7.19. The third-order valence-electron chi connectivity index (χ3n) is 3.89. The molecule has 0 amide bonds. The summed E-state index contributed by atoms with van der Waals surface area (Å²) in [5.74, 6) is -0.423. The van der Waals surface area contributed by atoms with E-state index in [1.54, 1.807) is 24.9 Å². The molecule has 14 heteroatoms. The van der Waals surface area contributed by atoms with Gasteiger partial charge in [0.05, 0.1) is 19.5 Å². The van der Waals surface area contributed by atoms with E-state index in [9.17, 15) is 9.13 Å². The third kappa shape index (κ3) is 7.33. The van der Waals surface area contributed by atoms with Crippen LogP contribution in [0, 0.1) is 0 Å². The Bertz CT molecular complexity index is 901. The largest absolute Gasteiger partial charge is 0.474 e. The van der Waals surface area contributed by atoms with Gasteiger partial charge in [0.25, 0.3) is 0 Å². The highest BCUT2D eigenvalue weighted by molar-refractivity contribution is 7.73. The molecule has 12 nitrogen and oxygen atoms in total. The molecule has 0 spiro atoms. The Balaban J connectivity index is 2.02. The molecule has 0 fully saturated rings. The molecule has 4 N–H and O–H groups in total. The van der Waals surface area contributed by atoms with Gasteiger partial charge in [-0.25, -0.2) is 4.98 Å². The molecule has 0 saturated heterocycles. The van der Waals surface area contributed by atoms with Gasteiger partial charge in [-0.2, -0.15) is 9.97 Å². The number of nitrogen functional groups attached to an aromatic ring is 1. The number of nitrogens with two attached hydrogens (primary N) is 1. The Morgan fingerprint density at radius 2 is 1.97 bits per heavy atom. The molecule has 0 aliphatic carbocycles. The molecule has 2 heterocycles. The first-order chi connectivity index (χ1) is 13.7. The number of aromatic nitrogens is 4. The molecule has 2 aromatic rings. The van der Waals surface area contributed by atoms with E-state index in [1.165, 1.54) is 0 Å². The number of nitrogens with zero attached hydrogens (tertiary/aromatic N) is 4. The quantitative estimate of drug-likeness (QED) is 0.299. The average Bonchev–Trinajstić information content (AvgIpc) is 3.00. The second-order valence-electron chi connectivity index (χ2n) is 6.31. The molecule has 164 valence electrons. The molecule has 0 saturated carbocycles. The number of fused-ring (bicyclic) bond motifs is 1. The van der Waals surface area contributed by atoms with Crippen LogP contribution in [0.3, 0.4) is 0 Å². The lowest BCUT2D eigenvalue weighted by atomic mass is 10.3. The number of methoxy groups -OCH3 is 1. The van der Waals surface area contributed by atoms with Crippen molar-refractivity contribution < 1.29 is 32.9 Å². The van der Waals surface area contributed by atoms with Crippen LogP contribution in [0.1, 0.15) is 19.8 Å². The second kappa shape index (κ2) is 10.5. The van der Waals surface area contributed by atoms with Gasteiger partial charge in [0.2, 0.25) is 19.2 Å². The normalized spacial score (nSPS) is 14.2. The lowest BCUT2D eigenvalue weighted by molar-refractivity contribution is 0.144. The van der Waals surface area contributed by atoms with Gasteiger partial charge in [0.15, 0.2) is 11.2 Å². The maximum Gasteiger partial charge on any atom is 0.335 e. The number of hydrogen-bond acceptors (Lipinski definition) is 9. The number of hydrogen-bond donors (Lipinski definition) is 3. The Morgan fingerprint density at radius 3 is 2.62 bits per heavy atom. The van der Waals surface area contributed by atoms with Crippen LogP contribution in [-0.4, -0.2) is 68.3 Å². The van der Waals surface area contributed by atoms with Crippen LogP contribution in [-0.2, 0) is 24.9 Å². The molecule has 0 aliphatic rings. The average molecular weight is 451 g/mol. The molecule has 1 unspecified atom stereocenters. The maximum atomic E-state index is 12.6. The first-order valence-corrected chi connectivity index (χ1v) is 12.8. The minimum atomic E-state index is -4.43. The van der Waals surface area contributed by atoms with Gasteiger partial charge in [-0.05, 0) is 19.8 Å². The smallest absolute Gasteiger partial charge is 0.335 e. The predicted octanol–water partition coefficient (Wildman–Crippen LogP) is 1.66. The number of anilines is 1. The van der Waals surface area contributed by atoms with Gasteiger partial charge in [0.1, 0.15) is 12.5 Å². The number of rotatable bonds is 13. The van der Waals surface area contributed by atoms with E-state index < -0.39 is 20.9 Å². The van der Waals surface area contributed by atoms with Crippen molar-refractivity contribution in [2.45, 2.75) is 26.3 Å². The molecule has 0 aliphatic heterocycles. The lowest BCUT2D eigenvalue weighted by Gasteiger charge is -2.18. The minimum absolute atomic E-state index is 0.0501. The van der Waals surface area contributed by atoms with Crippen molar-refractivity contribution in [2.75, 3.05) is 44.7 Å². The highest BCUT2D eigenvalue weighted by atomic mass is 31.2. The summed E-state index contributed by atoms with van der Waals surface area (Å²) in [6, 6.07) is 0. The van der Waals surface area contributed by atoms with Crippen LogP contribution >= 0.6 is 15.0 Å². The first kappa shape index (κ1) is 23.7. The first-order valence-electron chi connectivity index (χ1n) is 9.04. The van der Waals surface area contributed by atoms with E-state index in [-0.39, 0.29) is 24.6 Å². The zero-order chi connectivity index (χ0) is 21.5. The van der Waals surface area contributed by atoms with Crippen molar-refractivity contribution >= 4 is 32.1 Å². The molecule has 1 atom stereocenters. The van der Waals surface area contributed by atoms with E-state index in [1.807, 2.05) is 0 Å². The summed E-state index contributed by atoms with van der Waals surface area (Å²) >= 11 is 0. The van der Waals surface area contributed by atoms with E-state index in [2.05, 4.69) is 15.0 Å². The summed E-state index contributed by atoms with van der Waals surface area (Å²) in [5, 5.41) is 0. The summed E-state index contributed by atoms with van der Waals surface area (Å²) in [6.07, 6.45) is 2.70. The standard InChI is InChI=1S/C15H27N5O7P2/c1-3-27-28(21,11-29(22,23)24)9-5-4-6-20-10-17-12-13(20)18-15(16)19-14(12)26-8-7-25-2/h10H,3-9,11H2,1-2H3,(H2,16,18,19)(H2,22,23,24). The number of aryl methyl sites for hydroxylation is 1. The zero-order valence-corrected chi connectivity index (χ0v) is 18.2. The maximum absolute atomic E-state index is 12.6. The van der Waals surface area contributed by atoms with Crippen LogP contribution in [0.4, 0.5) is 5.95 Å². The van der Waals surface area contributed by atoms with Gasteiger partial charge >= 0.3 is 7.60 Å². The van der Waals surface area contributed by atoms with Crippen LogP contribution in [0.25, 0.3) is 11.2 Å². The molecule has 0 aromatic carbocycles. The SMILES string of the molecule is CCOP(=O)(CCCCn1cnc2c(OCCOC)nc(N)nc21)CP(=O)(O)O. The van der Waals surface area contributed by atoms with E-state index in [0.29, 0.717) is 43.8 Å². The number of imidazole rings is 1. The molecular weight excluding hydrogens is 424 g/mol. The van der Waals surface area contributed by atoms with Crippen LogP contribution < -0.4 is 10.5 Å². The number of ether oxygens (including phenoxy) is 2. The van der Waals surface area contributed by atoms with Gasteiger partial charge in [-0.1, -0.05) is 0 Å². The van der Waals surface area contributed by atoms with Crippen molar-refractivity contribution in [3.8, 4) is 5.88 Å². The Hall–Kier alpha value is -1.55. The topological polar surface area (TPSA) is 172 Å². The fraction of sp³-hybridized carbons (Fsp3) is 0.667. The van der Waals surface area contributed by atoms with Crippen molar-refractivity contribution in [2.24, 2.45) is 0 Å². The van der Waals surface area contributed by atoms with Crippen molar-refractivity contribution in [1.29, 1.82) is 0 Å². The minimum Gasteiger partial charge on any atom is -0.474 e. The van der Waals surface area contributed by atoms with Crippen LogP contribution in [0.5, 0.6) is 5.88 Å². The lowest BCUT2D eigenvalue weighted by Crippen LogP contribution is -2.08. The Kier molecular flexibility index (Phi) is 8.57. The summed E-state index contributed by atoms with van der Waals surface area (Å²) in [4.78, 5) is 30.8. The van der Waals surface area contributed by atoms with Gasteiger partial charge < -0.3 is 34.1 Å². The summed E-state index contributed by atoms with van der Waals surface area (Å²) < 4.78 is 41.3. The zero-order valence-electron chi connectivity index (χ0n) is 16.4. The van der Waals surface area contributed by atoms with Gasteiger partial charge in [-0.15, -0.1) is 0 Å². The predicted molar refractivity (Wildman–Crippen MR) is 107 cm³/mol. The van der Waals surface area contributed by atoms with E-state index in [0.717, 1.165) is 0 Å². The molecule has 0 radical (unpaired) electrons. The second-order valence-corrected chi connectivity index (χ2v) is 11.1. The van der Waals surface area contributed by atoms with Gasteiger partial charge in [0, 0.05) is 19.8 Å². The van der Waals surface area contributed by atoms with E-state index in [4.69, 9.17) is 29.5 Å². The van der Waals surface area contributed by atoms with Crippen molar-refractivity contribution in [3.63, 3.8) is 0 Å². The fourth-order valence-electron chi connectivity index (χ4n) is 2.75. The molecular formula is C15H27N5O7P2. The van der Waals surface area contributed by atoms with Crippen molar-refractivity contribution in [3.05, 3.63) is 6.33 Å². The molecule has 0 bridgehead atoms. The van der Waals surface area contributed by atoms with Crippen LogP contribution in [0.15, 0.2) is 6.33 Å². The highest BCUT2D eigenvalue weighted by Gasteiger charge is 2.31. The molecule has 2 aromatic heterocycles. The summed E-state index contributed by atoms with van der Waals surface area (Å²) in [6.45, 7) is 2.94. The number of unbranched alkanes of at least 4 members (excludes halogenated alkanes) is 1. The highest BCUT2D eigenvalue weighted by Crippen LogP contribution is 2.58. The Labute approximate surface area is 168 Å².